The van der Waals surface area contributed by atoms with Crippen molar-refractivity contribution >= 4 is 17.8 Å². The molecule has 2 unspecified atom stereocenters. The largest absolute Gasteiger partial charge is 0.480 e. The first-order valence-electron chi connectivity index (χ1n) is 5.99. The maximum atomic E-state index is 11.9. The molecule has 4 N–H and O–H groups in total. The second kappa shape index (κ2) is 6.34. The first-order chi connectivity index (χ1) is 8.45. The van der Waals surface area contributed by atoms with E-state index in [0.717, 1.165) is 0 Å². The summed E-state index contributed by atoms with van der Waals surface area (Å²) < 4.78 is 0. The molecule has 102 valence electrons. The lowest BCUT2D eigenvalue weighted by Gasteiger charge is -2.26. The number of carboxylic acids is 1. The van der Waals surface area contributed by atoms with E-state index in [1.807, 2.05) is 6.92 Å². The number of rotatable bonds is 5. The van der Waals surface area contributed by atoms with E-state index in [1.54, 1.807) is 6.92 Å². The van der Waals surface area contributed by atoms with Crippen molar-refractivity contribution in [2.24, 2.45) is 5.92 Å². The van der Waals surface area contributed by atoms with Crippen molar-refractivity contribution < 1.29 is 19.5 Å². The van der Waals surface area contributed by atoms with Gasteiger partial charge in [0.15, 0.2) is 0 Å². The summed E-state index contributed by atoms with van der Waals surface area (Å²) in [6.45, 7) is 3.89. The Morgan fingerprint density at radius 2 is 2.22 bits per heavy atom. The van der Waals surface area contributed by atoms with Crippen LogP contribution in [0.4, 0.5) is 0 Å². The highest BCUT2D eigenvalue weighted by Crippen LogP contribution is 2.08. The molecule has 0 aliphatic carbocycles. The molecule has 1 rings (SSSR count). The van der Waals surface area contributed by atoms with Gasteiger partial charge < -0.3 is 15.7 Å². The van der Waals surface area contributed by atoms with E-state index in [4.69, 9.17) is 5.11 Å². The molecule has 0 spiro atoms. The molecule has 0 aromatic rings. The number of carbonyl (C=O) groups excluding carboxylic acids is 2. The standard InChI is InChI=1S/C11H19N3O4/c1-3-6(2)9(11(17)18)14-10(16)7-4-13-8(15)5-12-7/h6-7,9,12H,3-5H2,1-2H3,(H,13,15)(H,14,16)(H,17,18)/t6?,7?,9-/m0/s1. The zero-order chi connectivity index (χ0) is 13.7. The molecular weight excluding hydrogens is 238 g/mol. The lowest BCUT2D eigenvalue weighted by molar-refractivity contribution is -0.144. The molecule has 1 aliphatic heterocycles. The zero-order valence-corrected chi connectivity index (χ0v) is 10.5. The molecule has 0 aromatic carbocycles. The predicted octanol–water partition coefficient (Wildman–Crippen LogP) is -1.31. The van der Waals surface area contributed by atoms with Gasteiger partial charge in [0.2, 0.25) is 11.8 Å². The number of carbonyl (C=O) groups is 3. The fourth-order valence-electron chi connectivity index (χ4n) is 1.69. The van der Waals surface area contributed by atoms with Crippen LogP contribution < -0.4 is 16.0 Å². The maximum Gasteiger partial charge on any atom is 0.326 e. The number of hydrogen-bond acceptors (Lipinski definition) is 4. The van der Waals surface area contributed by atoms with Crippen LogP contribution in [0.25, 0.3) is 0 Å². The summed E-state index contributed by atoms with van der Waals surface area (Å²) in [5, 5.41) is 16.9. The molecule has 2 amide bonds. The highest BCUT2D eigenvalue weighted by atomic mass is 16.4. The molecule has 18 heavy (non-hydrogen) atoms. The molecule has 0 radical (unpaired) electrons. The Hall–Kier alpha value is -1.63. The second-order valence-corrected chi connectivity index (χ2v) is 4.45. The summed E-state index contributed by atoms with van der Waals surface area (Å²) in [4.78, 5) is 33.8. The minimum atomic E-state index is -1.04. The van der Waals surface area contributed by atoms with Gasteiger partial charge in [0.05, 0.1) is 6.54 Å². The van der Waals surface area contributed by atoms with E-state index in [9.17, 15) is 14.4 Å². The minimum absolute atomic E-state index is 0.0686. The minimum Gasteiger partial charge on any atom is -0.480 e. The van der Waals surface area contributed by atoms with Crippen molar-refractivity contribution in [3.8, 4) is 0 Å². The van der Waals surface area contributed by atoms with Gasteiger partial charge in [0, 0.05) is 6.54 Å². The molecular formula is C11H19N3O4. The first kappa shape index (κ1) is 14.4. The van der Waals surface area contributed by atoms with Crippen LogP contribution in [0.1, 0.15) is 20.3 Å². The number of nitrogens with one attached hydrogen (secondary N) is 3. The summed E-state index contributed by atoms with van der Waals surface area (Å²) in [6.07, 6.45) is 0.659. The Labute approximate surface area is 105 Å². The molecule has 0 saturated carbocycles. The van der Waals surface area contributed by atoms with Crippen molar-refractivity contribution in [3.63, 3.8) is 0 Å². The topological polar surface area (TPSA) is 108 Å². The Kier molecular flexibility index (Phi) is 5.08. The third kappa shape index (κ3) is 3.69. The van der Waals surface area contributed by atoms with Crippen molar-refractivity contribution in [3.05, 3.63) is 0 Å². The molecule has 0 bridgehead atoms. The van der Waals surface area contributed by atoms with Crippen LogP contribution in [-0.4, -0.2) is 48.1 Å². The second-order valence-electron chi connectivity index (χ2n) is 4.45. The summed E-state index contributed by atoms with van der Waals surface area (Å²) in [7, 11) is 0. The summed E-state index contributed by atoms with van der Waals surface area (Å²) >= 11 is 0. The average molecular weight is 257 g/mol. The van der Waals surface area contributed by atoms with Gasteiger partial charge in [-0.1, -0.05) is 20.3 Å². The monoisotopic (exact) mass is 257 g/mol. The number of amides is 2. The zero-order valence-electron chi connectivity index (χ0n) is 10.5. The maximum absolute atomic E-state index is 11.9. The van der Waals surface area contributed by atoms with Crippen LogP contribution in [0, 0.1) is 5.92 Å². The fourth-order valence-corrected chi connectivity index (χ4v) is 1.69. The smallest absolute Gasteiger partial charge is 0.326 e. The Morgan fingerprint density at radius 1 is 1.56 bits per heavy atom. The van der Waals surface area contributed by atoms with Gasteiger partial charge in [-0.25, -0.2) is 4.79 Å². The number of carboxylic acid groups (broad SMARTS) is 1. The third-order valence-corrected chi connectivity index (χ3v) is 3.11. The lowest BCUT2D eigenvalue weighted by Crippen LogP contribution is -2.60. The van der Waals surface area contributed by atoms with Crippen LogP contribution in [-0.2, 0) is 14.4 Å². The number of aliphatic carboxylic acids is 1. The molecule has 7 heteroatoms. The van der Waals surface area contributed by atoms with Crippen molar-refractivity contribution in [2.75, 3.05) is 13.1 Å². The summed E-state index contributed by atoms with van der Waals surface area (Å²) in [6, 6.07) is -1.48. The van der Waals surface area contributed by atoms with E-state index in [0.29, 0.717) is 6.42 Å². The highest BCUT2D eigenvalue weighted by Gasteiger charge is 2.30. The van der Waals surface area contributed by atoms with Crippen LogP contribution in [0.5, 0.6) is 0 Å². The van der Waals surface area contributed by atoms with Crippen molar-refractivity contribution in [1.82, 2.24) is 16.0 Å². The third-order valence-electron chi connectivity index (χ3n) is 3.11. The van der Waals surface area contributed by atoms with Crippen LogP contribution in [0.15, 0.2) is 0 Å². The quantitative estimate of drug-likeness (QED) is 0.489. The van der Waals surface area contributed by atoms with Crippen LogP contribution in [0.2, 0.25) is 0 Å². The van der Waals surface area contributed by atoms with E-state index in [2.05, 4.69) is 16.0 Å². The molecule has 1 heterocycles. The molecule has 1 aliphatic rings. The Morgan fingerprint density at radius 3 is 2.67 bits per heavy atom. The number of piperazine rings is 1. The molecule has 3 atom stereocenters. The van der Waals surface area contributed by atoms with Gasteiger partial charge >= 0.3 is 5.97 Å². The van der Waals surface area contributed by atoms with Crippen LogP contribution in [0.3, 0.4) is 0 Å². The first-order valence-corrected chi connectivity index (χ1v) is 5.99. The van der Waals surface area contributed by atoms with Gasteiger partial charge in [0.1, 0.15) is 12.1 Å². The van der Waals surface area contributed by atoms with Gasteiger partial charge in [-0.2, -0.15) is 0 Å². The normalized spacial score (nSPS) is 22.8. The van der Waals surface area contributed by atoms with Crippen LogP contribution >= 0.6 is 0 Å². The molecule has 1 saturated heterocycles. The van der Waals surface area contributed by atoms with Gasteiger partial charge in [-0.15, -0.1) is 0 Å². The van der Waals surface area contributed by atoms with Gasteiger partial charge in [-0.05, 0) is 5.92 Å². The molecule has 1 fully saturated rings. The molecule has 7 nitrogen and oxygen atoms in total. The molecule has 0 aromatic heterocycles. The van der Waals surface area contributed by atoms with E-state index in [-0.39, 0.29) is 24.9 Å². The summed E-state index contributed by atoms with van der Waals surface area (Å²) in [5.74, 6) is -1.76. The lowest BCUT2D eigenvalue weighted by atomic mass is 9.99. The average Bonchev–Trinajstić information content (AvgIpc) is 2.35. The number of hydrogen-bond donors (Lipinski definition) is 4. The predicted molar refractivity (Wildman–Crippen MR) is 63.8 cm³/mol. The Balaban J connectivity index is 2.56. The SMILES string of the molecule is CCC(C)[C@H](NC(=O)C1CNC(=O)CN1)C(=O)O. The van der Waals surface area contributed by atoms with Gasteiger partial charge in [0.25, 0.3) is 0 Å². The summed E-state index contributed by atoms with van der Waals surface area (Å²) in [5.41, 5.74) is 0. The van der Waals surface area contributed by atoms with E-state index >= 15 is 0 Å². The van der Waals surface area contributed by atoms with E-state index < -0.39 is 24.0 Å². The van der Waals surface area contributed by atoms with Gasteiger partial charge in [-0.3, -0.25) is 14.9 Å². The fraction of sp³-hybridized carbons (Fsp3) is 0.727. The van der Waals surface area contributed by atoms with E-state index in [1.165, 1.54) is 0 Å². The highest BCUT2D eigenvalue weighted by molar-refractivity contribution is 5.89. The Bertz CT molecular complexity index is 335. The van der Waals surface area contributed by atoms with Crippen molar-refractivity contribution in [1.29, 1.82) is 0 Å². The van der Waals surface area contributed by atoms with Crippen molar-refractivity contribution in [2.45, 2.75) is 32.4 Å².